The molecule has 1 aliphatic rings. The number of benzene rings is 2. The van der Waals surface area contributed by atoms with Gasteiger partial charge >= 0.3 is 18.3 Å². The van der Waals surface area contributed by atoms with Crippen LogP contribution in [0.4, 0.5) is 32.0 Å². The van der Waals surface area contributed by atoms with Crippen LogP contribution in [0.2, 0.25) is 0 Å². The number of nitrogens with one attached hydrogen (secondary N) is 4. The van der Waals surface area contributed by atoms with Crippen LogP contribution >= 0.6 is 0 Å². The van der Waals surface area contributed by atoms with Crippen LogP contribution in [0.5, 0.6) is 5.75 Å². The summed E-state index contributed by atoms with van der Waals surface area (Å²) >= 11 is 0. The van der Waals surface area contributed by atoms with Crippen LogP contribution in [0, 0.1) is 0 Å². The van der Waals surface area contributed by atoms with Crippen LogP contribution < -0.4 is 21.3 Å². The predicted octanol–water partition coefficient (Wildman–Crippen LogP) is 2.45. The van der Waals surface area contributed by atoms with Crippen molar-refractivity contribution in [1.82, 2.24) is 16.0 Å². The molecule has 18 heteroatoms. The van der Waals surface area contributed by atoms with E-state index in [-0.39, 0.29) is 55.6 Å². The van der Waals surface area contributed by atoms with Crippen LogP contribution in [0.1, 0.15) is 53.4 Å². The summed E-state index contributed by atoms with van der Waals surface area (Å²) in [5.74, 6) is -3.04. The number of amides is 2. The van der Waals surface area contributed by atoms with Gasteiger partial charge in [-0.25, -0.2) is 0 Å². The van der Waals surface area contributed by atoms with Gasteiger partial charge in [0.2, 0.25) is 5.91 Å². The molecule has 2 amide bonds. The van der Waals surface area contributed by atoms with Crippen LogP contribution in [-0.4, -0.2) is 77.6 Å². The van der Waals surface area contributed by atoms with E-state index in [1.54, 1.807) is 0 Å². The molecule has 3 rings (SSSR count). The van der Waals surface area contributed by atoms with Gasteiger partial charge in [0.1, 0.15) is 5.75 Å². The summed E-state index contributed by atoms with van der Waals surface area (Å²) in [7, 11) is 0. The molecule has 0 bridgehead atoms. The maximum Gasteiger partial charge on any atom is 0.421 e. The number of aliphatic imine (C=N–C) groups is 1. The Balaban J connectivity index is 1.83. The molecule has 0 aromatic heterocycles. The average Bonchev–Trinajstić information content (AvgIpc) is 2.95. The smallest absolute Gasteiger partial charge is 0.421 e. The van der Waals surface area contributed by atoms with Crippen molar-refractivity contribution in [2.24, 2.45) is 4.99 Å². The quantitative estimate of drug-likeness (QED) is 0.148. The van der Waals surface area contributed by atoms with E-state index in [1.807, 2.05) is 0 Å². The fourth-order valence-corrected chi connectivity index (χ4v) is 4.17. The SMILES string of the molecule is CCOC(=O)C[C@H](NC(=O)CNC(=O)c1cc(O)cc(NC2=NCC(O)CN2)c1)c1cc(C(F)(F)F)cc(C(C)(O)C(F)(F)F)c1. The number of ether oxygens (including phenoxy) is 1. The minimum Gasteiger partial charge on any atom is -0.508 e. The Hall–Kier alpha value is -4.58. The van der Waals surface area contributed by atoms with E-state index in [0.717, 1.165) is 6.07 Å². The lowest BCUT2D eigenvalue weighted by atomic mass is 9.89. The van der Waals surface area contributed by atoms with Gasteiger partial charge in [0, 0.05) is 23.9 Å². The molecule has 1 aliphatic heterocycles. The number of nitrogens with zero attached hydrogens (tertiary/aromatic N) is 1. The highest BCUT2D eigenvalue weighted by molar-refractivity contribution is 6.00. The fourth-order valence-electron chi connectivity index (χ4n) is 4.17. The van der Waals surface area contributed by atoms with E-state index >= 15 is 0 Å². The van der Waals surface area contributed by atoms with Gasteiger partial charge in [0.25, 0.3) is 5.91 Å². The fraction of sp³-hybridized carbons (Fsp3) is 0.429. The minimum absolute atomic E-state index is 0.108. The number of carbonyl (C=O) groups is 3. The van der Waals surface area contributed by atoms with Crippen LogP contribution in [0.3, 0.4) is 0 Å². The van der Waals surface area contributed by atoms with Crippen LogP contribution in [0.15, 0.2) is 41.4 Å². The summed E-state index contributed by atoms with van der Waals surface area (Å²) in [6.07, 6.45) is -12.1. The van der Waals surface area contributed by atoms with Crippen LogP contribution in [-0.2, 0) is 26.1 Å². The van der Waals surface area contributed by atoms with Crippen molar-refractivity contribution in [3.63, 3.8) is 0 Å². The summed E-state index contributed by atoms with van der Waals surface area (Å²) in [6.45, 7) is 1.03. The van der Waals surface area contributed by atoms with Crippen molar-refractivity contribution in [3.05, 3.63) is 58.7 Å². The number of aromatic hydroxyl groups is 1. The molecule has 0 spiro atoms. The molecule has 12 nitrogen and oxygen atoms in total. The first-order valence-electron chi connectivity index (χ1n) is 13.6. The molecule has 7 N–H and O–H groups in total. The molecule has 0 aliphatic carbocycles. The Kier molecular flexibility index (Phi) is 11.1. The van der Waals surface area contributed by atoms with Gasteiger partial charge in [-0.15, -0.1) is 0 Å². The zero-order valence-corrected chi connectivity index (χ0v) is 24.3. The maximum atomic E-state index is 13.7. The van der Waals surface area contributed by atoms with Crippen molar-refractivity contribution in [1.29, 1.82) is 0 Å². The zero-order chi connectivity index (χ0) is 34.4. The Bertz CT molecular complexity index is 1480. The van der Waals surface area contributed by atoms with E-state index in [0.29, 0.717) is 12.1 Å². The van der Waals surface area contributed by atoms with Crippen LogP contribution in [0.25, 0.3) is 0 Å². The highest BCUT2D eigenvalue weighted by atomic mass is 19.4. The van der Waals surface area contributed by atoms with Gasteiger partial charge in [0.15, 0.2) is 11.6 Å². The molecule has 3 atom stereocenters. The van der Waals surface area contributed by atoms with E-state index in [9.17, 15) is 56.0 Å². The minimum atomic E-state index is -5.39. The first-order valence-corrected chi connectivity index (χ1v) is 13.6. The number of aliphatic hydroxyl groups excluding tert-OH is 1. The van der Waals surface area contributed by atoms with Crippen molar-refractivity contribution in [2.45, 2.75) is 50.4 Å². The number of esters is 1. The van der Waals surface area contributed by atoms with E-state index in [2.05, 4.69) is 26.3 Å². The van der Waals surface area contributed by atoms with Gasteiger partial charge in [-0.3, -0.25) is 19.4 Å². The predicted molar refractivity (Wildman–Crippen MR) is 150 cm³/mol. The topological polar surface area (TPSA) is 182 Å². The number of hydrogen-bond acceptors (Lipinski definition) is 10. The molecule has 0 fully saturated rings. The van der Waals surface area contributed by atoms with Crippen molar-refractivity contribution in [3.8, 4) is 5.75 Å². The Labute approximate surface area is 257 Å². The zero-order valence-electron chi connectivity index (χ0n) is 24.3. The van der Waals surface area contributed by atoms with Crippen molar-refractivity contribution in [2.75, 3.05) is 31.6 Å². The number of phenolic OH excluding ortho intramolecular Hbond substituents is 1. The third-order valence-electron chi connectivity index (χ3n) is 6.63. The summed E-state index contributed by atoms with van der Waals surface area (Å²) in [4.78, 5) is 41.9. The monoisotopic (exact) mass is 663 g/mol. The number of phenols is 1. The Morgan fingerprint density at radius 2 is 1.74 bits per heavy atom. The normalized spacial score (nSPS) is 17.1. The van der Waals surface area contributed by atoms with Gasteiger partial charge in [-0.2, -0.15) is 26.3 Å². The standard InChI is InChI=1S/C28H31F6N5O7/c1-3-46-23(43)10-21(14-4-16(26(2,45)28(32,33)34)8-17(5-14)27(29,30)31)39-22(42)13-35-24(44)15-6-18(9-19(40)7-15)38-25-36-11-20(41)12-37-25/h4-9,20-21,40-41,45H,3,10-13H2,1-2H3,(H,35,44)(H,39,42)(H2,36,37,38)/t21-,26?/m0/s1. The summed E-state index contributed by atoms with van der Waals surface area (Å²) in [6, 6.07) is 3.07. The molecule has 46 heavy (non-hydrogen) atoms. The number of guanidine groups is 1. The lowest BCUT2D eigenvalue weighted by Crippen LogP contribution is -2.42. The summed E-state index contributed by atoms with van der Waals surface area (Å²) < 4.78 is 86.5. The Morgan fingerprint density at radius 3 is 2.33 bits per heavy atom. The molecule has 0 saturated heterocycles. The maximum absolute atomic E-state index is 13.7. The number of rotatable bonds is 10. The molecule has 2 aromatic carbocycles. The summed E-state index contributed by atoms with van der Waals surface area (Å²) in [5.41, 5.74) is -7.03. The second-order valence-electron chi connectivity index (χ2n) is 10.3. The Morgan fingerprint density at radius 1 is 1.07 bits per heavy atom. The number of aliphatic hydroxyl groups is 2. The largest absolute Gasteiger partial charge is 0.508 e. The van der Waals surface area contributed by atoms with Crippen molar-refractivity contribution >= 4 is 29.4 Å². The number of hydrogen-bond donors (Lipinski definition) is 7. The molecule has 0 saturated carbocycles. The lowest BCUT2D eigenvalue weighted by Gasteiger charge is -2.29. The second-order valence-corrected chi connectivity index (χ2v) is 10.3. The van der Waals surface area contributed by atoms with Gasteiger partial charge in [-0.1, -0.05) is 6.07 Å². The number of halogens is 6. The number of β-amino-alcohol motifs (C(OH)–C–C–N with tert-alkyl or cyclic N) is 1. The van der Waals surface area contributed by atoms with Gasteiger partial charge in [-0.05, 0) is 49.2 Å². The number of anilines is 1. The lowest BCUT2D eigenvalue weighted by molar-refractivity contribution is -0.259. The second kappa shape index (κ2) is 14.2. The molecule has 252 valence electrons. The van der Waals surface area contributed by atoms with Gasteiger partial charge < -0.3 is 41.3 Å². The van der Waals surface area contributed by atoms with Crippen molar-refractivity contribution < 1.29 is 60.8 Å². The first kappa shape index (κ1) is 35.9. The van der Waals surface area contributed by atoms with E-state index < -0.39 is 77.5 Å². The molecule has 2 aromatic rings. The number of alkyl halides is 6. The average molecular weight is 664 g/mol. The molecule has 2 unspecified atom stereocenters. The molecule has 1 heterocycles. The third-order valence-corrected chi connectivity index (χ3v) is 6.63. The highest BCUT2D eigenvalue weighted by Gasteiger charge is 2.52. The van der Waals surface area contributed by atoms with Gasteiger partial charge in [0.05, 0.1) is 43.8 Å². The first-order chi connectivity index (χ1) is 21.3. The third kappa shape index (κ3) is 9.46. The molecular formula is C28H31F6N5O7. The van der Waals surface area contributed by atoms with E-state index in [4.69, 9.17) is 4.74 Å². The van der Waals surface area contributed by atoms with E-state index in [1.165, 1.54) is 19.1 Å². The highest BCUT2D eigenvalue weighted by Crippen LogP contribution is 2.42. The molecule has 0 radical (unpaired) electrons. The number of carbonyl (C=O) groups excluding carboxylic acids is 3. The summed E-state index contributed by atoms with van der Waals surface area (Å²) in [5, 5.41) is 39.7. The molecular weight excluding hydrogens is 632 g/mol.